The van der Waals surface area contributed by atoms with Crippen LogP contribution in [0.2, 0.25) is 0 Å². The molecule has 0 unspecified atom stereocenters. The lowest BCUT2D eigenvalue weighted by molar-refractivity contribution is 0.532. The summed E-state index contributed by atoms with van der Waals surface area (Å²) in [6.07, 6.45) is 6.51. The topological polar surface area (TPSA) is 42.7 Å². The molecule has 0 fully saturated rings. The number of imidazole rings is 1. The Morgan fingerprint density at radius 3 is 3.05 bits per heavy atom. The first-order chi connectivity index (χ1) is 9.40. The van der Waals surface area contributed by atoms with E-state index < -0.39 is 0 Å². The van der Waals surface area contributed by atoms with Crippen molar-refractivity contribution < 1.29 is 0 Å². The van der Waals surface area contributed by atoms with E-state index in [1.54, 1.807) is 0 Å². The second kappa shape index (κ2) is 5.53. The molecular formula is C15H20N4. The van der Waals surface area contributed by atoms with E-state index >= 15 is 0 Å². The van der Waals surface area contributed by atoms with Crippen LogP contribution in [0.15, 0.2) is 24.4 Å². The van der Waals surface area contributed by atoms with Crippen LogP contribution in [0.1, 0.15) is 24.2 Å². The van der Waals surface area contributed by atoms with E-state index in [-0.39, 0.29) is 0 Å². The molecule has 0 bridgehead atoms. The Bertz CT molecular complexity index is 545. The highest BCUT2D eigenvalue weighted by Crippen LogP contribution is 2.26. The maximum absolute atomic E-state index is 4.86. The van der Waals surface area contributed by atoms with Crippen LogP contribution < -0.4 is 5.32 Å². The minimum absolute atomic E-state index is 0.978. The van der Waals surface area contributed by atoms with Gasteiger partial charge in [-0.2, -0.15) is 0 Å². The number of rotatable bonds is 4. The van der Waals surface area contributed by atoms with Crippen LogP contribution >= 0.6 is 0 Å². The summed E-state index contributed by atoms with van der Waals surface area (Å²) in [5, 5.41) is 3.21. The fraction of sp³-hybridized carbons (Fsp3) is 0.467. The Morgan fingerprint density at radius 1 is 1.32 bits per heavy atom. The Kier molecular flexibility index (Phi) is 3.60. The van der Waals surface area contributed by atoms with Crippen LogP contribution in [0.5, 0.6) is 0 Å². The van der Waals surface area contributed by atoms with Crippen molar-refractivity contribution in [3.63, 3.8) is 0 Å². The zero-order valence-electron chi connectivity index (χ0n) is 11.4. The molecule has 0 saturated carbocycles. The molecule has 1 aliphatic rings. The molecule has 2 aromatic rings. The molecule has 4 heteroatoms. The molecular weight excluding hydrogens is 236 g/mol. The van der Waals surface area contributed by atoms with Crippen LogP contribution in [-0.4, -0.2) is 28.1 Å². The van der Waals surface area contributed by atoms with E-state index in [1.165, 1.54) is 24.2 Å². The minimum atomic E-state index is 0.978. The third-order valence-electron chi connectivity index (χ3n) is 3.71. The van der Waals surface area contributed by atoms with Gasteiger partial charge in [-0.3, -0.25) is 4.98 Å². The third-order valence-corrected chi connectivity index (χ3v) is 3.71. The van der Waals surface area contributed by atoms with Gasteiger partial charge in [0.1, 0.15) is 5.69 Å². The highest BCUT2D eigenvalue weighted by atomic mass is 15.1. The SMILES string of the molecule is CNCCc1nc(-c2ccccn2)n2c1CCCC2. The van der Waals surface area contributed by atoms with Gasteiger partial charge in [0, 0.05) is 31.4 Å². The van der Waals surface area contributed by atoms with E-state index in [4.69, 9.17) is 4.98 Å². The van der Waals surface area contributed by atoms with Gasteiger partial charge >= 0.3 is 0 Å². The summed E-state index contributed by atoms with van der Waals surface area (Å²) in [6.45, 7) is 2.06. The summed E-state index contributed by atoms with van der Waals surface area (Å²) in [7, 11) is 1.99. The summed E-state index contributed by atoms with van der Waals surface area (Å²) >= 11 is 0. The van der Waals surface area contributed by atoms with E-state index in [1.807, 2.05) is 31.4 Å². The van der Waals surface area contributed by atoms with Crippen molar-refractivity contribution in [3.05, 3.63) is 35.8 Å². The molecule has 0 aliphatic carbocycles. The molecule has 0 amide bonds. The van der Waals surface area contributed by atoms with Crippen LogP contribution in [0, 0.1) is 0 Å². The number of hydrogen-bond acceptors (Lipinski definition) is 3. The third kappa shape index (κ3) is 2.40. The number of nitrogens with zero attached hydrogens (tertiary/aromatic N) is 3. The second-order valence-electron chi connectivity index (χ2n) is 5.01. The van der Waals surface area contributed by atoms with Gasteiger partial charge in [0.25, 0.3) is 0 Å². The first-order valence-corrected chi connectivity index (χ1v) is 7.04. The van der Waals surface area contributed by atoms with Crippen molar-refractivity contribution in [2.45, 2.75) is 32.2 Å². The lowest BCUT2D eigenvalue weighted by Crippen LogP contribution is -2.15. The Labute approximate surface area is 113 Å². The van der Waals surface area contributed by atoms with Gasteiger partial charge in [0.05, 0.1) is 5.69 Å². The van der Waals surface area contributed by atoms with Gasteiger partial charge in [0.2, 0.25) is 0 Å². The summed E-state index contributed by atoms with van der Waals surface area (Å²) in [4.78, 5) is 9.31. The largest absolute Gasteiger partial charge is 0.327 e. The summed E-state index contributed by atoms with van der Waals surface area (Å²) in [5.74, 6) is 1.04. The lowest BCUT2D eigenvalue weighted by Gasteiger charge is -2.17. The number of nitrogens with one attached hydrogen (secondary N) is 1. The van der Waals surface area contributed by atoms with Gasteiger partial charge in [-0.25, -0.2) is 4.98 Å². The molecule has 0 spiro atoms. The fourth-order valence-electron chi connectivity index (χ4n) is 2.75. The van der Waals surface area contributed by atoms with Crippen molar-refractivity contribution >= 4 is 0 Å². The van der Waals surface area contributed by atoms with E-state index in [2.05, 4.69) is 14.9 Å². The molecule has 0 saturated heterocycles. The van der Waals surface area contributed by atoms with E-state index in [9.17, 15) is 0 Å². The van der Waals surface area contributed by atoms with Gasteiger partial charge in [0.15, 0.2) is 5.82 Å². The van der Waals surface area contributed by atoms with Gasteiger partial charge < -0.3 is 9.88 Å². The molecule has 4 nitrogen and oxygen atoms in total. The van der Waals surface area contributed by atoms with Gasteiger partial charge in [-0.1, -0.05) is 6.07 Å². The molecule has 0 aromatic carbocycles. The first kappa shape index (κ1) is 12.4. The maximum Gasteiger partial charge on any atom is 0.159 e. The van der Waals surface area contributed by atoms with Crippen LogP contribution in [-0.2, 0) is 19.4 Å². The average Bonchev–Trinajstić information content (AvgIpc) is 2.85. The maximum atomic E-state index is 4.86. The van der Waals surface area contributed by atoms with Crippen molar-refractivity contribution in [1.82, 2.24) is 19.9 Å². The van der Waals surface area contributed by atoms with Crippen molar-refractivity contribution in [2.75, 3.05) is 13.6 Å². The fourth-order valence-corrected chi connectivity index (χ4v) is 2.75. The van der Waals surface area contributed by atoms with Crippen LogP contribution in [0.25, 0.3) is 11.5 Å². The quantitative estimate of drug-likeness (QED) is 0.910. The van der Waals surface area contributed by atoms with E-state index in [0.717, 1.165) is 37.4 Å². The summed E-state index contributed by atoms with van der Waals surface area (Å²) in [6, 6.07) is 6.03. The van der Waals surface area contributed by atoms with E-state index in [0.29, 0.717) is 0 Å². The highest BCUT2D eigenvalue weighted by Gasteiger charge is 2.20. The normalized spacial score (nSPS) is 14.4. The monoisotopic (exact) mass is 256 g/mol. The Hall–Kier alpha value is -1.68. The van der Waals surface area contributed by atoms with Crippen LogP contribution in [0.4, 0.5) is 0 Å². The average molecular weight is 256 g/mol. The molecule has 0 atom stereocenters. The summed E-state index contributed by atoms with van der Waals surface area (Å²) in [5.41, 5.74) is 3.65. The zero-order valence-corrected chi connectivity index (χ0v) is 11.4. The molecule has 1 aliphatic heterocycles. The smallest absolute Gasteiger partial charge is 0.159 e. The number of fused-ring (bicyclic) bond motifs is 1. The number of likely N-dealkylation sites (N-methyl/N-ethyl adjacent to an activating group) is 1. The molecule has 1 N–H and O–H groups in total. The van der Waals surface area contributed by atoms with Crippen molar-refractivity contribution in [3.8, 4) is 11.5 Å². The van der Waals surface area contributed by atoms with Crippen molar-refractivity contribution in [1.29, 1.82) is 0 Å². The Morgan fingerprint density at radius 2 is 2.26 bits per heavy atom. The standard InChI is InChI=1S/C15H20N4/c1-16-10-8-12-14-7-3-5-11-19(14)15(18-12)13-6-2-4-9-17-13/h2,4,6,9,16H,3,5,7-8,10-11H2,1H3. The van der Waals surface area contributed by atoms with Crippen molar-refractivity contribution in [2.24, 2.45) is 0 Å². The van der Waals surface area contributed by atoms with Gasteiger partial charge in [-0.05, 0) is 38.4 Å². The lowest BCUT2D eigenvalue weighted by atomic mass is 10.1. The highest BCUT2D eigenvalue weighted by molar-refractivity contribution is 5.51. The molecule has 100 valence electrons. The molecule has 0 radical (unpaired) electrons. The zero-order chi connectivity index (χ0) is 13.1. The number of hydrogen-bond donors (Lipinski definition) is 1. The van der Waals surface area contributed by atoms with Crippen LogP contribution in [0.3, 0.4) is 0 Å². The predicted octanol–water partition coefficient (Wildman–Crippen LogP) is 2.04. The number of pyridine rings is 1. The molecule has 3 heterocycles. The molecule has 3 rings (SSSR count). The Balaban J connectivity index is 2.02. The minimum Gasteiger partial charge on any atom is -0.327 e. The van der Waals surface area contributed by atoms with Gasteiger partial charge in [-0.15, -0.1) is 0 Å². The molecule has 2 aromatic heterocycles. The number of aromatic nitrogens is 3. The molecule has 19 heavy (non-hydrogen) atoms. The first-order valence-electron chi connectivity index (χ1n) is 7.04. The second-order valence-corrected chi connectivity index (χ2v) is 5.01. The summed E-state index contributed by atoms with van der Waals surface area (Å²) < 4.78 is 2.37. The predicted molar refractivity (Wildman–Crippen MR) is 76.0 cm³/mol.